The highest BCUT2D eigenvalue weighted by atomic mass is 16.5. The van der Waals surface area contributed by atoms with Crippen LogP contribution in [0.2, 0.25) is 0 Å². The van der Waals surface area contributed by atoms with Gasteiger partial charge in [-0.1, -0.05) is 24.3 Å². The maximum Gasteiger partial charge on any atom is 0.101 e. The molecular weight excluding hydrogens is 238 g/mol. The first-order valence-electron chi connectivity index (χ1n) is 5.99. The Balaban J connectivity index is 2.13. The van der Waals surface area contributed by atoms with Crippen molar-refractivity contribution in [2.45, 2.75) is 13.2 Å². The number of pyridine rings is 1. The van der Waals surface area contributed by atoms with E-state index in [4.69, 9.17) is 10.00 Å². The highest BCUT2D eigenvalue weighted by Gasteiger charge is 2.04. The van der Waals surface area contributed by atoms with Crippen LogP contribution in [0.3, 0.4) is 0 Å². The Labute approximate surface area is 112 Å². The van der Waals surface area contributed by atoms with E-state index < -0.39 is 0 Å². The number of hydrogen-bond acceptors (Lipinski definition) is 4. The van der Waals surface area contributed by atoms with Gasteiger partial charge in [-0.25, -0.2) is 0 Å². The lowest BCUT2D eigenvalue weighted by atomic mass is 10.1. The van der Waals surface area contributed by atoms with Gasteiger partial charge in [-0.15, -0.1) is 0 Å². The topological polar surface area (TPSA) is 57.9 Å². The smallest absolute Gasteiger partial charge is 0.101 e. The summed E-state index contributed by atoms with van der Waals surface area (Å²) in [5.74, 6) is 0. The zero-order chi connectivity index (χ0) is 13.5. The molecule has 1 aromatic carbocycles. The Kier molecular flexibility index (Phi) is 4.49. The third-order valence-electron chi connectivity index (χ3n) is 2.83. The second kappa shape index (κ2) is 6.53. The molecule has 0 bridgehead atoms. The Hall–Kier alpha value is -2.38. The van der Waals surface area contributed by atoms with E-state index in [1.165, 1.54) is 0 Å². The summed E-state index contributed by atoms with van der Waals surface area (Å²) >= 11 is 0. The number of rotatable bonds is 5. The molecule has 0 spiro atoms. The molecule has 0 radical (unpaired) electrons. The molecule has 19 heavy (non-hydrogen) atoms. The van der Waals surface area contributed by atoms with Crippen LogP contribution >= 0.6 is 0 Å². The molecule has 4 nitrogen and oxygen atoms in total. The van der Waals surface area contributed by atoms with Crippen LogP contribution in [-0.2, 0) is 17.9 Å². The number of methoxy groups -OCH3 is 1. The van der Waals surface area contributed by atoms with Gasteiger partial charge in [0.15, 0.2) is 0 Å². The highest BCUT2D eigenvalue weighted by Crippen LogP contribution is 2.15. The summed E-state index contributed by atoms with van der Waals surface area (Å²) in [6.07, 6.45) is 3.28. The first-order chi connectivity index (χ1) is 9.35. The van der Waals surface area contributed by atoms with Gasteiger partial charge in [0.1, 0.15) is 6.07 Å². The maximum absolute atomic E-state index is 9.02. The number of ether oxygens (including phenoxy) is 1. The third-order valence-corrected chi connectivity index (χ3v) is 2.83. The van der Waals surface area contributed by atoms with Crippen LogP contribution in [0.15, 0.2) is 42.7 Å². The Morgan fingerprint density at radius 2 is 2.05 bits per heavy atom. The molecule has 2 aromatic rings. The molecule has 2 rings (SSSR count). The summed E-state index contributed by atoms with van der Waals surface area (Å²) < 4.78 is 5.17. The molecular formula is C15H15N3O. The average molecular weight is 253 g/mol. The van der Waals surface area contributed by atoms with Gasteiger partial charge in [-0.2, -0.15) is 5.26 Å². The predicted octanol–water partition coefficient (Wildman–Crippen LogP) is 2.71. The van der Waals surface area contributed by atoms with Crippen LogP contribution < -0.4 is 5.32 Å². The summed E-state index contributed by atoms with van der Waals surface area (Å²) in [6, 6.07) is 11.9. The number of nitrogens with one attached hydrogen (secondary N) is 1. The van der Waals surface area contributed by atoms with E-state index >= 15 is 0 Å². The summed E-state index contributed by atoms with van der Waals surface area (Å²) in [4.78, 5) is 4.03. The summed E-state index contributed by atoms with van der Waals surface area (Å²) in [6.45, 7) is 1.22. The number of hydrogen-bond donors (Lipinski definition) is 1. The minimum Gasteiger partial charge on any atom is -0.380 e. The van der Waals surface area contributed by atoms with Crippen molar-refractivity contribution >= 4 is 5.69 Å². The van der Waals surface area contributed by atoms with Crippen molar-refractivity contribution in [1.82, 2.24) is 4.98 Å². The van der Waals surface area contributed by atoms with Gasteiger partial charge in [0.25, 0.3) is 0 Å². The van der Waals surface area contributed by atoms with E-state index in [2.05, 4.69) is 16.4 Å². The number of benzene rings is 1. The Morgan fingerprint density at radius 1 is 1.26 bits per heavy atom. The highest BCUT2D eigenvalue weighted by molar-refractivity contribution is 5.55. The van der Waals surface area contributed by atoms with Crippen molar-refractivity contribution in [1.29, 1.82) is 5.26 Å². The quantitative estimate of drug-likeness (QED) is 0.890. The van der Waals surface area contributed by atoms with Crippen LogP contribution in [0.4, 0.5) is 5.69 Å². The largest absolute Gasteiger partial charge is 0.380 e. The first kappa shape index (κ1) is 13.1. The minimum absolute atomic E-state index is 0.579. The van der Waals surface area contributed by atoms with Crippen LogP contribution in [-0.4, -0.2) is 12.1 Å². The van der Waals surface area contributed by atoms with E-state index in [1.807, 2.05) is 24.3 Å². The monoisotopic (exact) mass is 253 g/mol. The number of nitrogens with zero attached hydrogens (tertiary/aromatic N) is 2. The molecule has 1 heterocycles. The van der Waals surface area contributed by atoms with Gasteiger partial charge in [0.05, 0.1) is 24.1 Å². The fourth-order valence-corrected chi connectivity index (χ4v) is 1.85. The van der Waals surface area contributed by atoms with Crippen molar-refractivity contribution in [2.75, 3.05) is 12.4 Å². The molecule has 0 aliphatic rings. The van der Waals surface area contributed by atoms with Crippen LogP contribution in [0.25, 0.3) is 0 Å². The van der Waals surface area contributed by atoms with Crippen molar-refractivity contribution < 1.29 is 4.74 Å². The molecule has 96 valence electrons. The second-order valence-electron chi connectivity index (χ2n) is 4.09. The van der Waals surface area contributed by atoms with Crippen LogP contribution in [0.5, 0.6) is 0 Å². The lowest BCUT2D eigenvalue weighted by Crippen LogP contribution is -2.05. The lowest BCUT2D eigenvalue weighted by molar-refractivity contribution is 0.184. The van der Waals surface area contributed by atoms with Gasteiger partial charge in [0, 0.05) is 19.9 Å². The molecule has 0 fully saturated rings. The number of aromatic nitrogens is 1. The van der Waals surface area contributed by atoms with E-state index in [-0.39, 0.29) is 0 Å². The SMILES string of the molecule is COCc1ccccc1CNc1cnccc1C#N. The fourth-order valence-electron chi connectivity index (χ4n) is 1.85. The van der Waals surface area contributed by atoms with E-state index in [0.717, 1.165) is 16.8 Å². The van der Waals surface area contributed by atoms with Gasteiger partial charge in [0.2, 0.25) is 0 Å². The van der Waals surface area contributed by atoms with Gasteiger partial charge >= 0.3 is 0 Å². The summed E-state index contributed by atoms with van der Waals surface area (Å²) in [5.41, 5.74) is 3.63. The molecule has 0 aliphatic carbocycles. The zero-order valence-corrected chi connectivity index (χ0v) is 10.8. The average Bonchev–Trinajstić information content (AvgIpc) is 2.47. The molecule has 0 atom stereocenters. The number of anilines is 1. The first-order valence-corrected chi connectivity index (χ1v) is 5.99. The Morgan fingerprint density at radius 3 is 2.79 bits per heavy atom. The van der Waals surface area contributed by atoms with Crippen molar-refractivity contribution in [2.24, 2.45) is 0 Å². The summed E-state index contributed by atoms with van der Waals surface area (Å²) in [5, 5.41) is 12.3. The third kappa shape index (κ3) is 3.30. The van der Waals surface area contributed by atoms with Crippen LogP contribution in [0, 0.1) is 11.3 Å². The minimum atomic E-state index is 0.579. The Bertz CT molecular complexity index is 590. The maximum atomic E-state index is 9.02. The molecule has 0 unspecified atom stereocenters. The molecule has 4 heteroatoms. The van der Waals surface area contributed by atoms with Crippen molar-refractivity contribution in [3.05, 3.63) is 59.4 Å². The van der Waals surface area contributed by atoms with Crippen molar-refractivity contribution in [3.63, 3.8) is 0 Å². The van der Waals surface area contributed by atoms with Gasteiger partial charge in [-0.3, -0.25) is 4.98 Å². The van der Waals surface area contributed by atoms with E-state index in [0.29, 0.717) is 18.7 Å². The fraction of sp³-hybridized carbons (Fsp3) is 0.200. The van der Waals surface area contributed by atoms with Crippen molar-refractivity contribution in [3.8, 4) is 6.07 Å². The molecule has 0 saturated carbocycles. The molecule has 1 aromatic heterocycles. The molecule has 0 amide bonds. The zero-order valence-electron chi connectivity index (χ0n) is 10.8. The number of nitriles is 1. The lowest BCUT2D eigenvalue weighted by Gasteiger charge is -2.11. The standard InChI is InChI=1S/C15H15N3O/c1-19-11-14-5-3-2-4-13(14)9-18-15-10-17-7-6-12(15)8-16/h2-7,10,18H,9,11H2,1H3. The van der Waals surface area contributed by atoms with E-state index in [9.17, 15) is 0 Å². The second-order valence-corrected chi connectivity index (χ2v) is 4.09. The molecule has 0 saturated heterocycles. The molecule has 1 N–H and O–H groups in total. The van der Waals surface area contributed by atoms with E-state index in [1.54, 1.807) is 25.6 Å². The molecule has 0 aliphatic heterocycles. The van der Waals surface area contributed by atoms with Gasteiger partial charge in [-0.05, 0) is 17.2 Å². The summed E-state index contributed by atoms with van der Waals surface area (Å²) in [7, 11) is 1.68. The van der Waals surface area contributed by atoms with Crippen LogP contribution in [0.1, 0.15) is 16.7 Å². The predicted molar refractivity (Wildman–Crippen MR) is 73.4 cm³/mol. The van der Waals surface area contributed by atoms with Gasteiger partial charge < -0.3 is 10.1 Å². The normalized spacial score (nSPS) is 9.89.